The van der Waals surface area contributed by atoms with Gasteiger partial charge < -0.3 is 9.05 Å². The Labute approximate surface area is 62.0 Å². The van der Waals surface area contributed by atoms with Crippen LogP contribution in [0.25, 0.3) is 0 Å². The van der Waals surface area contributed by atoms with E-state index in [2.05, 4.69) is 6.58 Å². The average molecular weight is 162 g/mol. The minimum atomic E-state index is -1.13. The summed E-state index contributed by atoms with van der Waals surface area (Å²) in [5, 5.41) is 0. The molecule has 0 saturated carbocycles. The second-order valence-corrected chi connectivity index (χ2v) is 3.16. The first-order valence-electron chi connectivity index (χ1n) is 3.20. The summed E-state index contributed by atoms with van der Waals surface area (Å²) in [7, 11) is -1.13. The summed E-state index contributed by atoms with van der Waals surface area (Å²) < 4.78 is 15.4. The topological polar surface area (TPSA) is 27.7 Å². The summed E-state index contributed by atoms with van der Waals surface area (Å²) in [5.41, 5.74) is 0. The standard InChI is InChI=1S/C6H11O3P/c1-3-7-10-8-5-4-6(2)9-10/h3,6H,1,4-5H2,2H3. The van der Waals surface area contributed by atoms with Crippen LogP contribution in [0.4, 0.5) is 0 Å². The lowest BCUT2D eigenvalue weighted by atomic mass is 10.3. The average Bonchev–Trinajstić information content (AvgIpc) is 1.88. The fraction of sp³-hybridized carbons (Fsp3) is 0.667. The van der Waals surface area contributed by atoms with Gasteiger partial charge in [0.2, 0.25) is 0 Å². The molecule has 2 unspecified atom stereocenters. The Morgan fingerprint density at radius 1 is 1.80 bits per heavy atom. The van der Waals surface area contributed by atoms with E-state index in [1.54, 1.807) is 0 Å². The maximum atomic E-state index is 5.28. The van der Waals surface area contributed by atoms with E-state index in [0.717, 1.165) is 13.0 Å². The van der Waals surface area contributed by atoms with Crippen LogP contribution in [0.5, 0.6) is 0 Å². The third kappa shape index (κ3) is 2.25. The minimum Gasteiger partial charge on any atom is -0.435 e. The molecule has 2 atom stereocenters. The SMILES string of the molecule is C=COP1OCCC(C)O1. The molecule has 4 heteroatoms. The molecule has 58 valence electrons. The molecule has 0 aliphatic carbocycles. The van der Waals surface area contributed by atoms with E-state index in [1.165, 1.54) is 6.26 Å². The Bertz CT molecular complexity index is 118. The first kappa shape index (κ1) is 7.99. The van der Waals surface area contributed by atoms with Crippen LogP contribution < -0.4 is 0 Å². The van der Waals surface area contributed by atoms with Gasteiger partial charge in [0.1, 0.15) is 0 Å². The Morgan fingerprint density at radius 2 is 2.60 bits per heavy atom. The quantitative estimate of drug-likeness (QED) is 0.460. The summed E-state index contributed by atoms with van der Waals surface area (Å²) in [6.45, 7) is 6.14. The van der Waals surface area contributed by atoms with Gasteiger partial charge in [-0.25, -0.2) is 0 Å². The van der Waals surface area contributed by atoms with E-state index < -0.39 is 8.60 Å². The summed E-state index contributed by atoms with van der Waals surface area (Å²) in [5.74, 6) is 0. The third-order valence-electron chi connectivity index (χ3n) is 1.15. The minimum absolute atomic E-state index is 0.250. The molecule has 0 bridgehead atoms. The van der Waals surface area contributed by atoms with Crippen LogP contribution >= 0.6 is 8.60 Å². The van der Waals surface area contributed by atoms with E-state index in [4.69, 9.17) is 13.6 Å². The van der Waals surface area contributed by atoms with Gasteiger partial charge in [-0.05, 0) is 13.3 Å². The predicted octanol–water partition coefficient (Wildman–Crippen LogP) is 2.20. The molecule has 1 aliphatic heterocycles. The van der Waals surface area contributed by atoms with Crippen molar-refractivity contribution < 1.29 is 13.6 Å². The van der Waals surface area contributed by atoms with E-state index in [1.807, 2.05) is 6.92 Å². The van der Waals surface area contributed by atoms with Gasteiger partial charge in [-0.15, -0.1) is 0 Å². The van der Waals surface area contributed by atoms with Crippen LogP contribution in [0, 0.1) is 0 Å². The highest BCUT2D eigenvalue weighted by Gasteiger charge is 2.21. The van der Waals surface area contributed by atoms with Crippen LogP contribution in [0.3, 0.4) is 0 Å². The summed E-state index contributed by atoms with van der Waals surface area (Å²) >= 11 is 0. The largest absolute Gasteiger partial charge is 0.435 e. The van der Waals surface area contributed by atoms with Crippen molar-refractivity contribution in [2.45, 2.75) is 19.4 Å². The zero-order chi connectivity index (χ0) is 7.40. The first-order valence-corrected chi connectivity index (χ1v) is 4.30. The number of hydrogen-bond acceptors (Lipinski definition) is 3. The van der Waals surface area contributed by atoms with Gasteiger partial charge in [-0.3, -0.25) is 4.52 Å². The molecule has 3 nitrogen and oxygen atoms in total. The van der Waals surface area contributed by atoms with E-state index >= 15 is 0 Å². The Hall–Kier alpha value is -0.110. The predicted molar refractivity (Wildman–Crippen MR) is 39.3 cm³/mol. The van der Waals surface area contributed by atoms with Crippen LogP contribution in [-0.2, 0) is 13.6 Å². The summed E-state index contributed by atoms with van der Waals surface area (Å²) in [6.07, 6.45) is 2.54. The molecule has 0 aromatic rings. The molecule has 0 radical (unpaired) electrons. The van der Waals surface area contributed by atoms with Crippen molar-refractivity contribution in [3.05, 3.63) is 12.8 Å². The van der Waals surface area contributed by atoms with Crippen LogP contribution in [0.15, 0.2) is 12.8 Å². The zero-order valence-corrected chi connectivity index (χ0v) is 6.84. The maximum Gasteiger partial charge on any atom is 0.396 e. The Kier molecular flexibility index (Phi) is 3.13. The fourth-order valence-electron chi connectivity index (χ4n) is 0.639. The molecular weight excluding hydrogens is 151 g/mol. The molecule has 1 heterocycles. The van der Waals surface area contributed by atoms with Crippen molar-refractivity contribution in [3.8, 4) is 0 Å². The van der Waals surface area contributed by atoms with Crippen molar-refractivity contribution in [3.63, 3.8) is 0 Å². The fourth-order valence-corrected chi connectivity index (χ4v) is 1.59. The molecule has 1 fully saturated rings. The smallest absolute Gasteiger partial charge is 0.396 e. The van der Waals surface area contributed by atoms with Crippen molar-refractivity contribution in [1.29, 1.82) is 0 Å². The van der Waals surface area contributed by atoms with Gasteiger partial charge in [0.15, 0.2) is 0 Å². The molecule has 10 heavy (non-hydrogen) atoms. The van der Waals surface area contributed by atoms with E-state index in [9.17, 15) is 0 Å². The highest BCUT2D eigenvalue weighted by atomic mass is 31.2. The van der Waals surface area contributed by atoms with Crippen molar-refractivity contribution in [2.75, 3.05) is 6.61 Å². The second-order valence-electron chi connectivity index (χ2n) is 2.03. The monoisotopic (exact) mass is 162 g/mol. The lowest BCUT2D eigenvalue weighted by molar-refractivity contribution is 0.0868. The van der Waals surface area contributed by atoms with Crippen LogP contribution in [0.2, 0.25) is 0 Å². The van der Waals surface area contributed by atoms with E-state index in [0.29, 0.717) is 0 Å². The molecule has 1 aliphatic rings. The molecule has 0 amide bonds. The second kappa shape index (κ2) is 3.91. The van der Waals surface area contributed by atoms with Gasteiger partial charge in [0, 0.05) is 0 Å². The van der Waals surface area contributed by atoms with Crippen LogP contribution in [-0.4, -0.2) is 12.7 Å². The zero-order valence-electron chi connectivity index (χ0n) is 5.95. The maximum absolute atomic E-state index is 5.28. The number of rotatable bonds is 2. The molecule has 0 N–H and O–H groups in total. The molecular formula is C6H11O3P. The van der Waals surface area contributed by atoms with E-state index in [-0.39, 0.29) is 6.10 Å². The van der Waals surface area contributed by atoms with Gasteiger partial charge in [0.25, 0.3) is 0 Å². The summed E-state index contributed by atoms with van der Waals surface area (Å²) in [4.78, 5) is 0. The molecule has 1 saturated heterocycles. The summed E-state index contributed by atoms with van der Waals surface area (Å²) in [6, 6.07) is 0. The van der Waals surface area contributed by atoms with Gasteiger partial charge in [-0.2, -0.15) is 0 Å². The van der Waals surface area contributed by atoms with Crippen molar-refractivity contribution in [1.82, 2.24) is 0 Å². The molecule has 0 aromatic carbocycles. The normalized spacial score (nSPS) is 33.3. The van der Waals surface area contributed by atoms with Gasteiger partial charge in [-0.1, -0.05) is 6.58 Å². The van der Waals surface area contributed by atoms with Gasteiger partial charge in [0.05, 0.1) is 19.0 Å². The van der Waals surface area contributed by atoms with Gasteiger partial charge >= 0.3 is 8.60 Å². The Balaban J connectivity index is 2.24. The van der Waals surface area contributed by atoms with Crippen LogP contribution in [0.1, 0.15) is 13.3 Å². The Morgan fingerprint density at radius 3 is 3.20 bits per heavy atom. The highest BCUT2D eigenvalue weighted by molar-refractivity contribution is 7.41. The van der Waals surface area contributed by atoms with Crippen molar-refractivity contribution in [2.24, 2.45) is 0 Å². The molecule has 1 rings (SSSR count). The molecule has 0 aromatic heterocycles. The first-order chi connectivity index (χ1) is 4.83. The third-order valence-corrected chi connectivity index (χ3v) is 2.39. The lowest BCUT2D eigenvalue weighted by Gasteiger charge is -2.24. The highest BCUT2D eigenvalue weighted by Crippen LogP contribution is 2.44. The lowest BCUT2D eigenvalue weighted by Crippen LogP contribution is -2.14. The molecule has 0 spiro atoms. The van der Waals surface area contributed by atoms with Crippen molar-refractivity contribution >= 4 is 8.60 Å². The number of hydrogen-bond donors (Lipinski definition) is 0.